The highest BCUT2D eigenvalue weighted by atomic mass is 32.2. The third-order valence-electron chi connectivity index (χ3n) is 2.58. The third-order valence-corrected chi connectivity index (χ3v) is 3.42. The van der Waals surface area contributed by atoms with Crippen LogP contribution >= 0.6 is 11.8 Å². The van der Waals surface area contributed by atoms with Crippen molar-refractivity contribution >= 4 is 11.8 Å². The Morgan fingerprint density at radius 3 is 2.06 bits per heavy atom. The van der Waals surface area contributed by atoms with Crippen LogP contribution in [0.25, 0.3) is 0 Å². The minimum atomic E-state index is -4.26. The Morgan fingerprint density at radius 1 is 1.12 bits per heavy atom. The highest BCUT2D eigenvalue weighted by molar-refractivity contribution is 7.99. The molecule has 1 aromatic carbocycles. The molecule has 2 atom stereocenters. The van der Waals surface area contributed by atoms with Crippen molar-refractivity contribution in [3.8, 4) is 0 Å². The summed E-state index contributed by atoms with van der Waals surface area (Å²) in [7, 11) is 0. The van der Waals surface area contributed by atoms with E-state index in [-0.39, 0.29) is 11.4 Å². The molecule has 5 heteroatoms. The van der Waals surface area contributed by atoms with Crippen LogP contribution in [0.1, 0.15) is 31.0 Å². The molecule has 0 heterocycles. The van der Waals surface area contributed by atoms with Crippen molar-refractivity contribution in [1.82, 2.24) is 5.32 Å². The molecule has 0 spiro atoms. The quantitative estimate of drug-likeness (QED) is 0.822. The van der Waals surface area contributed by atoms with Gasteiger partial charge in [-0.25, -0.2) is 0 Å². The molecule has 1 N–H and O–H groups in total. The first-order chi connectivity index (χ1) is 7.84. The maximum atomic E-state index is 12.4. The van der Waals surface area contributed by atoms with Gasteiger partial charge in [-0.2, -0.15) is 13.2 Å². The molecule has 0 saturated heterocycles. The third kappa shape index (κ3) is 4.24. The van der Waals surface area contributed by atoms with E-state index >= 15 is 0 Å². The van der Waals surface area contributed by atoms with E-state index < -0.39 is 11.7 Å². The summed E-state index contributed by atoms with van der Waals surface area (Å²) >= 11 is 1.66. The molecule has 1 nitrogen and oxygen atoms in total. The lowest BCUT2D eigenvalue weighted by molar-refractivity contribution is -0.137. The molecule has 1 rings (SSSR count). The molecule has 0 amide bonds. The maximum absolute atomic E-state index is 12.4. The SMILES string of the molecule is CSC(C)N[C@@H](C)c1ccc(C(F)(F)F)cc1. The van der Waals surface area contributed by atoms with Gasteiger partial charge in [0.2, 0.25) is 0 Å². The van der Waals surface area contributed by atoms with Crippen LogP contribution in [0.15, 0.2) is 24.3 Å². The summed E-state index contributed by atoms with van der Waals surface area (Å²) in [5.74, 6) is 0. The molecular weight excluding hydrogens is 247 g/mol. The van der Waals surface area contributed by atoms with Gasteiger partial charge in [0.25, 0.3) is 0 Å². The van der Waals surface area contributed by atoms with Gasteiger partial charge in [0, 0.05) is 6.04 Å². The lowest BCUT2D eigenvalue weighted by Crippen LogP contribution is -2.25. The smallest absolute Gasteiger partial charge is 0.299 e. The van der Waals surface area contributed by atoms with Crippen molar-refractivity contribution < 1.29 is 13.2 Å². The van der Waals surface area contributed by atoms with Crippen LogP contribution < -0.4 is 5.32 Å². The maximum Gasteiger partial charge on any atom is 0.416 e. The molecule has 0 aliphatic rings. The Hall–Kier alpha value is -0.680. The van der Waals surface area contributed by atoms with E-state index in [4.69, 9.17) is 0 Å². The normalized spacial score (nSPS) is 15.6. The van der Waals surface area contributed by atoms with Gasteiger partial charge in [-0.15, -0.1) is 11.8 Å². The van der Waals surface area contributed by atoms with Gasteiger partial charge in [-0.05, 0) is 37.8 Å². The molecule has 0 radical (unpaired) electrons. The first kappa shape index (κ1) is 14.4. The summed E-state index contributed by atoms with van der Waals surface area (Å²) in [4.78, 5) is 0. The molecule has 1 aromatic rings. The average molecular weight is 263 g/mol. The summed E-state index contributed by atoms with van der Waals surface area (Å²) in [6.07, 6.45) is -2.28. The van der Waals surface area contributed by atoms with E-state index in [1.807, 2.05) is 20.1 Å². The second-order valence-corrected chi connectivity index (χ2v) is 5.06. The predicted octanol–water partition coefficient (Wildman–Crippen LogP) is 4.07. The minimum Gasteiger partial charge on any atom is -0.299 e. The molecule has 0 aromatic heterocycles. The van der Waals surface area contributed by atoms with Crippen LogP contribution in [0.2, 0.25) is 0 Å². The van der Waals surface area contributed by atoms with Gasteiger partial charge in [0.1, 0.15) is 0 Å². The van der Waals surface area contributed by atoms with Gasteiger partial charge in [0.15, 0.2) is 0 Å². The van der Waals surface area contributed by atoms with Crippen LogP contribution in [-0.4, -0.2) is 11.6 Å². The Bertz CT molecular complexity index is 348. The van der Waals surface area contributed by atoms with E-state index in [1.54, 1.807) is 11.8 Å². The Morgan fingerprint density at radius 2 is 1.65 bits per heavy atom. The van der Waals surface area contributed by atoms with Crippen molar-refractivity contribution in [2.45, 2.75) is 31.4 Å². The molecular formula is C12H16F3NS. The molecule has 0 aliphatic carbocycles. The summed E-state index contributed by atoms with van der Waals surface area (Å²) < 4.78 is 37.1. The number of hydrogen-bond donors (Lipinski definition) is 1. The molecule has 0 saturated carbocycles. The highest BCUT2D eigenvalue weighted by Gasteiger charge is 2.30. The minimum absolute atomic E-state index is 0.0414. The van der Waals surface area contributed by atoms with E-state index in [9.17, 15) is 13.2 Å². The molecule has 0 bridgehead atoms. The van der Waals surface area contributed by atoms with E-state index in [1.165, 1.54) is 12.1 Å². The van der Waals surface area contributed by atoms with E-state index in [2.05, 4.69) is 5.32 Å². The number of rotatable bonds is 4. The monoisotopic (exact) mass is 263 g/mol. The lowest BCUT2D eigenvalue weighted by Gasteiger charge is -2.19. The number of alkyl halides is 3. The average Bonchev–Trinajstić information content (AvgIpc) is 2.27. The first-order valence-electron chi connectivity index (χ1n) is 5.30. The van der Waals surface area contributed by atoms with E-state index in [0.29, 0.717) is 0 Å². The number of hydrogen-bond acceptors (Lipinski definition) is 2. The van der Waals surface area contributed by atoms with Crippen molar-refractivity contribution in [3.05, 3.63) is 35.4 Å². The zero-order valence-corrected chi connectivity index (χ0v) is 10.8. The fourth-order valence-corrected chi connectivity index (χ4v) is 1.82. The van der Waals surface area contributed by atoms with Crippen molar-refractivity contribution in [2.24, 2.45) is 0 Å². The summed E-state index contributed by atoms with van der Waals surface area (Å²) in [5, 5.41) is 3.56. The van der Waals surface area contributed by atoms with Gasteiger partial charge < -0.3 is 0 Å². The Balaban J connectivity index is 2.74. The highest BCUT2D eigenvalue weighted by Crippen LogP contribution is 2.30. The van der Waals surface area contributed by atoms with Crippen LogP contribution in [0, 0.1) is 0 Å². The largest absolute Gasteiger partial charge is 0.416 e. The second-order valence-electron chi connectivity index (χ2n) is 3.89. The second kappa shape index (κ2) is 5.78. The lowest BCUT2D eigenvalue weighted by atomic mass is 10.1. The summed E-state index contributed by atoms with van der Waals surface area (Å²) in [5.41, 5.74) is 0.255. The van der Waals surface area contributed by atoms with Gasteiger partial charge >= 0.3 is 6.18 Å². The fourth-order valence-electron chi connectivity index (χ4n) is 1.48. The number of thioether (sulfide) groups is 1. The number of halogens is 3. The molecule has 96 valence electrons. The van der Waals surface area contributed by atoms with Crippen LogP contribution in [0.5, 0.6) is 0 Å². The molecule has 17 heavy (non-hydrogen) atoms. The Kier molecular flexibility index (Phi) is 4.89. The number of nitrogens with one attached hydrogen (secondary N) is 1. The van der Waals surface area contributed by atoms with Crippen LogP contribution in [0.3, 0.4) is 0 Å². The van der Waals surface area contributed by atoms with Crippen LogP contribution in [-0.2, 0) is 6.18 Å². The number of benzene rings is 1. The zero-order chi connectivity index (χ0) is 13.1. The fraction of sp³-hybridized carbons (Fsp3) is 0.500. The zero-order valence-electron chi connectivity index (χ0n) is 10.0. The molecule has 0 aliphatic heterocycles. The molecule has 0 fully saturated rings. The summed E-state index contributed by atoms with van der Waals surface area (Å²) in [6.45, 7) is 3.96. The standard InChI is InChI=1S/C12H16F3NS/c1-8(16-9(2)17-3)10-4-6-11(7-5-10)12(13,14)15/h4-9,16H,1-3H3/t8-,9?/m0/s1. The van der Waals surface area contributed by atoms with Crippen molar-refractivity contribution in [1.29, 1.82) is 0 Å². The van der Waals surface area contributed by atoms with E-state index in [0.717, 1.165) is 17.7 Å². The predicted molar refractivity (Wildman–Crippen MR) is 66.0 cm³/mol. The first-order valence-corrected chi connectivity index (χ1v) is 6.59. The Labute approximate surface area is 104 Å². The van der Waals surface area contributed by atoms with Gasteiger partial charge in [0.05, 0.1) is 10.9 Å². The van der Waals surface area contributed by atoms with Crippen LogP contribution in [0.4, 0.5) is 13.2 Å². The topological polar surface area (TPSA) is 12.0 Å². The van der Waals surface area contributed by atoms with Crippen molar-refractivity contribution in [3.63, 3.8) is 0 Å². The van der Waals surface area contributed by atoms with Crippen molar-refractivity contribution in [2.75, 3.05) is 6.26 Å². The summed E-state index contributed by atoms with van der Waals surface area (Å²) in [6, 6.07) is 5.33. The molecule has 1 unspecified atom stereocenters. The van der Waals surface area contributed by atoms with Gasteiger partial charge in [-0.3, -0.25) is 5.32 Å². The van der Waals surface area contributed by atoms with Gasteiger partial charge in [-0.1, -0.05) is 12.1 Å².